The van der Waals surface area contributed by atoms with Crippen molar-refractivity contribution in [1.82, 2.24) is 10.6 Å². The van der Waals surface area contributed by atoms with Crippen LogP contribution in [0.3, 0.4) is 0 Å². The van der Waals surface area contributed by atoms with E-state index in [2.05, 4.69) is 5.32 Å². The number of urea groups is 1. The molecule has 2 fully saturated rings. The number of hydrogen-bond donors (Lipinski definition) is 3. The number of carbonyl (C=O) groups excluding carboxylic acids is 2. The second-order valence-corrected chi connectivity index (χ2v) is 3.32. The lowest BCUT2D eigenvalue weighted by atomic mass is 10.1. The molecule has 0 saturated carbocycles. The van der Waals surface area contributed by atoms with E-state index in [9.17, 15) is 14.7 Å². The molecule has 2 heterocycles. The molecule has 2 saturated heterocycles. The summed E-state index contributed by atoms with van der Waals surface area (Å²) in [6, 6.07) is -0.627. The summed E-state index contributed by atoms with van der Waals surface area (Å²) < 4.78 is 5.21. The average molecular weight is 216 g/mol. The van der Waals surface area contributed by atoms with Crippen molar-refractivity contribution >= 4 is 11.9 Å². The van der Waals surface area contributed by atoms with Gasteiger partial charge in [-0.1, -0.05) is 13.8 Å². The Hall–Kier alpha value is -1.14. The number of ether oxygens (including phenoxy) is 1. The summed E-state index contributed by atoms with van der Waals surface area (Å²) in [6.45, 7) is 5.73. The Balaban J connectivity index is 0.000000531. The molecule has 0 aromatic carbocycles. The maximum atomic E-state index is 11.3. The smallest absolute Gasteiger partial charge is 0.324 e. The van der Waals surface area contributed by atoms with Crippen LogP contribution >= 0.6 is 0 Å². The Labute approximate surface area is 88.0 Å². The van der Waals surface area contributed by atoms with Crippen molar-refractivity contribution in [3.8, 4) is 0 Å². The van der Waals surface area contributed by atoms with Crippen molar-refractivity contribution in [2.45, 2.75) is 45.1 Å². The number of aliphatic hydroxyl groups is 1. The van der Waals surface area contributed by atoms with E-state index in [0.29, 0.717) is 6.42 Å². The molecule has 3 atom stereocenters. The number of hydrogen-bond acceptors (Lipinski definition) is 4. The fourth-order valence-electron chi connectivity index (χ4n) is 1.69. The molecular weight excluding hydrogens is 200 g/mol. The van der Waals surface area contributed by atoms with Gasteiger partial charge in [0, 0.05) is 6.42 Å². The lowest BCUT2D eigenvalue weighted by Crippen LogP contribution is -2.54. The molecule has 0 aromatic rings. The minimum atomic E-state index is -1.55. The highest BCUT2D eigenvalue weighted by atomic mass is 16.6. The molecule has 0 aromatic heterocycles. The van der Waals surface area contributed by atoms with Gasteiger partial charge in [-0.15, -0.1) is 0 Å². The van der Waals surface area contributed by atoms with Crippen molar-refractivity contribution in [1.29, 1.82) is 0 Å². The lowest BCUT2D eigenvalue weighted by Gasteiger charge is -2.22. The zero-order valence-electron chi connectivity index (χ0n) is 9.03. The van der Waals surface area contributed by atoms with Gasteiger partial charge in [0.1, 0.15) is 6.10 Å². The van der Waals surface area contributed by atoms with Crippen molar-refractivity contribution in [2.24, 2.45) is 0 Å². The van der Waals surface area contributed by atoms with Crippen molar-refractivity contribution < 1.29 is 19.4 Å². The number of carbonyl (C=O) groups is 2. The number of rotatable bonds is 0. The fraction of sp³-hybridized carbons (Fsp3) is 0.778. The summed E-state index contributed by atoms with van der Waals surface area (Å²) in [5.74, 6) is -0.616. The van der Waals surface area contributed by atoms with E-state index in [1.165, 1.54) is 0 Å². The molecule has 3 N–H and O–H groups in total. The predicted molar refractivity (Wildman–Crippen MR) is 51.9 cm³/mol. The quantitative estimate of drug-likeness (QED) is 0.486. The van der Waals surface area contributed by atoms with Gasteiger partial charge in [0.25, 0.3) is 5.91 Å². The van der Waals surface area contributed by atoms with Crippen LogP contribution in [0, 0.1) is 0 Å². The van der Waals surface area contributed by atoms with Crippen LogP contribution in [0.25, 0.3) is 0 Å². The molecule has 6 nitrogen and oxygen atoms in total. The van der Waals surface area contributed by atoms with Crippen LogP contribution in [0.15, 0.2) is 0 Å². The first-order valence-corrected chi connectivity index (χ1v) is 5.04. The molecule has 2 aliphatic rings. The first-order chi connectivity index (χ1) is 7.04. The number of nitrogens with one attached hydrogen (secondary N) is 2. The summed E-state index contributed by atoms with van der Waals surface area (Å²) in [5.41, 5.74) is -1.55. The van der Waals surface area contributed by atoms with Crippen LogP contribution in [0.4, 0.5) is 4.79 Å². The Morgan fingerprint density at radius 1 is 1.47 bits per heavy atom. The van der Waals surface area contributed by atoms with Crippen LogP contribution < -0.4 is 10.6 Å². The molecule has 6 heteroatoms. The highest BCUT2D eigenvalue weighted by Gasteiger charge is 2.58. The Morgan fingerprint density at radius 3 is 2.40 bits per heavy atom. The zero-order chi connectivity index (χ0) is 11.6. The Morgan fingerprint density at radius 2 is 2.07 bits per heavy atom. The Bertz CT molecular complexity index is 281. The molecule has 0 aliphatic carbocycles. The number of amides is 3. The van der Waals surface area contributed by atoms with Gasteiger partial charge in [0.05, 0.1) is 6.10 Å². The highest BCUT2D eigenvalue weighted by Crippen LogP contribution is 2.30. The van der Waals surface area contributed by atoms with Gasteiger partial charge in [-0.25, -0.2) is 4.79 Å². The first-order valence-electron chi connectivity index (χ1n) is 5.04. The van der Waals surface area contributed by atoms with Crippen molar-refractivity contribution in [3.63, 3.8) is 0 Å². The van der Waals surface area contributed by atoms with Crippen LogP contribution in [-0.4, -0.2) is 35.0 Å². The normalized spacial score (nSPS) is 38.4. The maximum Gasteiger partial charge on any atom is 0.324 e. The van der Waals surface area contributed by atoms with Crippen LogP contribution in [0.1, 0.15) is 27.2 Å². The van der Waals surface area contributed by atoms with E-state index >= 15 is 0 Å². The molecular formula is C9H16N2O4. The van der Waals surface area contributed by atoms with E-state index < -0.39 is 23.8 Å². The largest absolute Gasteiger partial charge is 0.387 e. The van der Waals surface area contributed by atoms with E-state index in [-0.39, 0.29) is 6.10 Å². The van der Waals surface area contributed by atoms with E-state index in [1.54, 1.807) is 6.92 Å². The average Bonchev–Trinajstić information content (AvgIpc) is 2.59. The molecule has 0 bridgehead atoms. The molecule has 2 rings (SSSR count). The van der Waals surface area contributed by atoms with Gasteiger partial charge in [0.2, 0.25) is 5.72 Å². The van der Waals surface area contributed by atoms with Gasteiger partial charge in [-0.05, 0) is 6.92 Å². The zero-order valence-corrected chi connectivity index (χ0v) is 9.03. The third kappa shape index (κ3) is 1.82. The molecule has 86 valence electrons. The fourth-order valence-corrected chi connectivity index (χ4v) is 1.69. The highest BCUT2D eigenvalue weighted by molar-refractivity contribution is 6.06. The molecule has 15 heavy (non-hydrogen) atoms. The SMILES string of the molecule is CC.CC1CC(O)C2(NC(=O)NC2=O)O1. The summed E-state index contributed by atoms with van der Waals surface area (Å²) in [5, 5.41) is 13.9. The van der Waals surface area contributed by atoms with Gasteiger partial charge in [-0.2, -0.15) is 0 Å². The number of imide groups is 1. The van der Waals surface area contributed by atoms with Crippen molar-refractivity contribution in [3.05, 3.63) is 0 Å². The van der Waals surface area contributed by atoms with E-state index in [4.69, 9.17) is 4.74 Å². The molecule has 1 spiro atoms. The van der Waals surface area contributed by atoms with Gasteiger partial charge in [-0.3, -0.25) is 15.4 Å². The molecule has 3 amide bonds. The molecule has 0 radical (unpaired) electrons. The monoisotopic (exact) mass is 216 g/mol. The second-order valence-electron chi connectivity index (χ2n) is 3.32. The summed E-state index contributed by atoms with van der Waals surface area (Å²) >= 11 is 0. The summed E-state index contributed by atoms with van der Waals surface area (Å²) in [4.78, 5) is 22.1. The summed E-state index contributed by atoms with van der Waals surface area (Å²) in [7, 11) is 0. The van der Waals surface area contributed by atoms with Gasteiger partial charge in [0.15, 0.2) is 0 Å². The summed E-state index contributed by atoms with van der Waals surface area (Å²) in [6.07, 6.45) is -0.874. The lowest BCUT2D eigenvalue weighted by molar-refractivity contribution is -0.150. The van der Waals surface area contributed by atoms with Crippen LogP contribution in [0.5, 0.6) is 0 Å². The third-order valence-corrected chi connectivity index (χ3v) is 2.28. The third-order valence-electron chi connectivity index (χ3n) is 2.28. The standard InChI is InChI=1S/C7H10N2O4.C2H6/c1-3-2-4(10)7(13-3)5(11)8-6(12)9-7;1-2/h3-4,10H,2H2,1H3,(H2,8,9,11,12);1-2H3. The van der Waals surface area contributed by atoms with E-state index in [0.717, 1.165) is 0 Å². The number of aliphatic hydroxyl groups excluding tert-OH is 1. The minimum Gasteiger partial charge on any atom is -0.387 e. The molecule has 2 aliphatic heterocycles. The van der Waals surface area contributed by atoms with Gasteiger partial charge >= 0.3 is 6.03 Å². The topological polar surface area (TPSA) is 87.7 Å². The van der Waals surface area contributed by atoms with Crippen LogP contribution in [-0.2, 0) is 9.53 Å². The van der Waals surface area contributed by atoms with E-state index in [1.807, 2.05) is 19.2 Å². The Kier molecular flexibility index (Phi) is 3.31. The van der Waals surface area contributed by atoms with Gasteiger partial charge < -0.3 is 9.84 Å². The first kappa shape index (κ1) is 11.9. The maximum absolute atomic E-state index is 11.3. The predicted octanol–water partition coefficient (Wildman–Crippen LogP) is -0.282. The van der Waals surface area contributed by atoms with Crippen molar-refractivity contribution in [2.75, 3.05) is 0 Å². The molecule has 3 unspecified atom stereocenters. The second kappa shape index (κ2) is 4.16. The minimum absolute atomic E-state index is 0.237. The van der Waals surface area contributed by atoms with Crippen LogP contribution in [0.2, 0.25) is 0 Å².